The quantitative estimate of drug-likeness (QED) is 0.554. The molecule has 0 atom stereocenters. The normalized spacial score (nSPS) is 14.9. The van der Waals surface area contributed by atoms with Crippen LogP contribution in [0.25, 0.3) is 0 Å². The van der Waals surface area contributed by atoms with E-state index in [2.05, 4.69) is 27.8 Å². The van der Waals surface area contributed by atoms with Gasteiger partial charge in [0.1, 0.15) is 16.5 Å². The Balaban J connectivity index is 1.46. The van der Waals surface area contributed by atoms with Crippen LogP contribution in [0.1, 0.15) is 24.0 Å². The minimum atomic E-state index is -4.11. The SMILES string of the molecule is O=S(=O)(NCCCCN1CCc2ccccc2C1)c1cc(F)c(Cl)cc1F. The number of hydrogen-bond acceptors (Lipinski definition) is 3. The number of benzene rings is 2. The Labute approximate surface area is 163 Å². The third-order valence-corrected chi connectivity index (χ3v) is 6.43. The van der Waals surface area contributed by atoms with E-state index in [4.69, 9.17) is 11.6 Å². The number of halogens is 3. The number of nitrogens with zero attached hydrogens (tertiary/aromatic N) is 1. The van der Waals surface area contributed by atoms with Gasteiger partial charge in [-0.15, -0.1) is 0 Å². The van der Waals surface area contributed by atoms with Crippen LogP contribution in [0, 0.1) is 11.6 Å². The number of fused-ring (bicyclic) bond motifs is 1. The van der Waals surface area contributed by atoms with E-state index in [0.717, 1.165) is 32.5 Å². The zero-order valence-corrected chi connectivity index (χ0v) is 16.3. The molecule has 0 spiro atoms. The number of rotatable bonds is 7. The molecular formula is C19H21ClF2N2O2S. The molecule has 0 radical (unpaired) electrons. The van der Waals surface area contributed by atoms with Gasteiger partial charge in [-0.05, 0) is 49.1 Å². The van der Waals surface area contributed by atoms with Gasteiger partial charge >= 0.3 is 0 Å². The predicted molar refractivity (Wildman–Crippen MR) is 101 cm³/mol. The Morgan fingerprint density at radius 3 is 2.59 bits per heavy atom. The molecule has 0 aromatic heterocycles. The summed E-state index contributed by atoms with van der Waals surface area (Å²) in [5.41, 5.74) is 2.73. The largest absolute Gasteiger partial charge is 0.299 e. The zero-order valence-electron chi connectivity index (χ0n) is 14.7. The van der Waals surface area contributed by atoms with Crippen LogP contribution in [0.5, 0.6) is 0 Å². The molecule has 1 aliphatic heterocycles. The molecule has 8 heteroatoms. The molecule has 0 bridgehead atoms. The fourth-order valence-corrected chi connectivity index (χ4v) is 4.49. The van der Waals surface area contributed by atoms with Crippen molar-refractivity contribution < 1.29 is 17.2 Å². The Morgan fingerprint density at radius 2 is 1.81 bits per heavy atom. The summed E-state index contributed by atoms with van der Waals surface area (Å²) >= 11 is 5.45. The van der Waals surface area contributed by atoms with Gasteiger partial charge in [-0.25, -0.2) is 21.9 Å². The summed E-state index contributed by atoms with van der Waals surface area (Å²) in [4.78, 5) is 1.61. The predicted octanol–water partition coefficient (Wildman–Crippen LogP) is 3.74. The van der Waals surface area contributed by atoms with Gasteiger partial charge in [0, 0.05) is 19.6 Å². The second-order valence-electron chi connectivity index (χ2n) is 6.60. The highest BCUT2D eigenvalue weighted by Gasteiger charge is 2.21. The van der Waals surface area contributed by atoms with Gasteiger partial charge in [0.2, 0.25) is 10.0 Å². The molecule has 3 rings (SSSR count). The standard InChI is InChI=1S/C19H21ClF2N2O2S/c20-16-11-18(22)19(12-17(16)21)27(25,26)23-8-3-4-9-24-10-7-14-5-1-2-6-15(14)13-24/h1-2,5-6,11-12,23H,3-4,7-10,13H2. The molecule has 27 heavy (non-hydrogen) atoms. The smallest absolute Gasteiger partial charge is 0.243 e. The van der Waals surface area contributed by atoms with Gasteiger partial charge in [-0.3, -0.25) is 4.90 Å². The van der Waals surface area contributed by atoms with Crippen molar-refractivity contribution in [3.05, 3.63) is 64.2 Å². The van der Waals surface area contributed by atoms with Crippen LogP contribution in [-0.2, 0) is 23.0 Å². The van der Waals surface area contributed by atoms with Gasteiger partial charge in [0.15, 0.2) is 0 Å². The Morgan fingerprint density at radius 1 is 1.07 bits per heavy atom. The summed E-state index contributed by atoms with van der Waals surface area (Å²) in [6.07, 6.45) is 2.43. The molecule has 1 aliphatic rings. The lowest BCUT2D eigenvalue weighted by molar-refractivity contribution is 0.249. The van der Waals surface area contributed by atoms with Gasteiger partial charge in [0.25, 0.3) is 0 Å². The molecule has 0 saturated carbocycles. The molecule has 0 amide bonds. The monoisotopic (exact) mass is 414 g/mol. The minimum Gasteiger partial charge on any atom is -0.299 e. The fourth-order valence-electron chi connectivity index (χ4n) is 3.20. The van der Waals surface area contributed by atoms with Crippen LogP contribution in [0.15, 0.2) is 41.3 Å². The minimum absolute atomic E-state index is 0.163. The number of nitrogens with one attached hydrogen (secondary N) is 1. The Kier molecular flexibility index (Phi) is 6.47. The van der Waals surface area contributed by atoms with Crippen LogP contribution in [0.2, 0.25) is 5.02 Å². The molecule has 2 aromatic carbocycles. The van der Waals surface area contributed by atoms with E-state index in [0.29, 0.717) is 18.6 Å². The van der Waals surface area contributed by atoms with Gasteiger partial charge < -0.3 is 0 Å². The molecular weight excluding hydrogens is 394 g/mol. The molecule has 1 N–H and O–H groups in total. The first-order valence-corrected chi connectivity index (χ1v) is 10.7. The summed E-state index contributed by atoms with van der Waals surface area (Å²) in [5, 5.41) is -0.449. The van der Waals surface area contributed by atoms with E-state index in [9.17, 15) is 17.2 Å². The van der Waals surface area contributed by atoms with Crippen molar-refractivity contribution in [3.8, 4) is 0 Å². The van der Waals surface area contributed by atoms with Crippen molar-refractivity contribution in [2.75, 3.05) is 19.6 Å². The molecule has 4 nitrogen and oxygen atoms in total. The maximum Gasteiger partial charge on any atom is 0.243 e. The lowest BCUT2D eigenvalue weighted by Gasteiger charge is -2.28. The first-order chi connectivity index (χ1) is 12.9. The molecule has 0 unspecified atom stereocenters. The Bertz CT molecular complexity index is 922. The third kappa shape index (κ3) is 5.04. The van der Waals surface area contributed by atoms with Crippen LogP contribution in [-0.4, -0.2) is 33.0 Å². The van der Waals surface area contributed by atoms with Crippen LogP contribution in [0.4, 0.5) is 8.78 Å². The average Bonchev–Trinajstić information content (AvgIpc) is 2.64. The van der Waals surface area contributed by atoms with Crippen LogP contribution >= 0.6 is 11.6 Å². The fraction of sp³-hybridized carbons (Fsp3) is 0.368. The van der Waals surface area contributed by atoms with Crippen molar-refractivity contribution in [2.24, 2.45) is 0 Å². The molecule has 0 saturated heterocycles. The molecule has 2 aromatic rings. The molecule has 1 heterocycles. The van der Waals surface area contributed by atoms with E-state index in [1.54, 1.807) is 0 Å². The number of hydrogen-bond donors (Lipinski definition) is 1. The Hall–Kier alpha value is -1.54. The highest BCUT2D eigenvalue weighted by Crippen LogP contribution is 2.22. The topological polar surface area (TPSA) is 49.4 Å². The number of unbranched alkanes of at least 4 members (excludes halogenated alkanes) is 1. The summed E-state index contributed by atoms with van der Waals surface area (Å²) in [6, 6.07) is 9.65. The van der Waals surface area contributed by atoms with Crippen molar-refractivity contribution in [2.45, 2.75) is 30.7 Å². The first-order valence-electron chi connectivity index (χ1n) is 8.80. The lowest BCUT2D eigenvalue weighted by atomic mass is 10.00. The lowest BCUT2D eigenvalue weighted by Crippen LogP contribution is -2.32. The maximum atomic E-state index is 13.8. The summed E-state index contributed by atoms with van der Waals surface area (Å²) < 4.78 is 53.9. The van der Waals surface area contributed by atoms with Gasteiger partial charge in [-0.2, -0.15) is 0 Å². The van der Waals surface area contributed by atoms with E-state index in [1.165, 1.54) is 11.1 Å². The summed E-state index contributed by atoms with van der Waals surface area (Å²) in [5.74, 6) is -2.04. The van der Waals surface area contributed by atoms with Crippen molar-refractivity contribution in [1.29, 1.82) is 0 Å². The summed E-state index contributed by atoms with van der Waals surface area (Å²) in [7, 11) is -4.11. The van der Waals surface area contributed by atoms with Crippen LogP contribution in [0.3, 0.4) is 0 Å². The van der Waals surface area contributed by atoms with E-state index in [-0.39, 0.29) is 6.54 Å². The second-order valence-corrected chi connectivity index (χ2v) is 8.74. The van der Waals surface area contributed by atoms with Gasteiger partial charge in [0.05, 0.1) is 5.02 Å². The van der Waals surface area contributed by atoms with E-state index in [1.807, 2.05) is 6.07 Å². The highest BCUT2D eigenvalue weighted by atomic mass is 35.5. The molecule has 146 valence electrons. The number of sulfonamides is 1. The second kappa shape index (κ2) is 8.65. The third-order valence-electron chi connectivity index (χ3n) is 4.67. The van der Waals surface area contributed by atoms with E-state index >= 15 is 0 Å². The maximum absolute atomic E-state index is 13.8. The van der Waals surface area contributed by atoms with Gasteiger partial charge in [-0.1, -0.05) is 35.9 Å². The van der Waals surface area contributed by atoms with Crippen LogP contribution < -0.4 is 4.72 Å². The van der Waals surface area contributed by atoms with Crippen molar-refractivity contribution >= 4 is 21.6 Å². The zero-order chi connectivity index (χ0) is 19.4. The van der Waals surface area contributed by atoms with Crippen molar-refractivity contribution in [3.63, 3.8) is 0 Å². The highest BCUT2D eigenvalue weighted by molar-refractivity contribution is 7.89. The summed E-state index contributed by atoms with van der Waals surface area (Å²) in [6.45, 7) is 2.91. The molecule has 0 aliphatic carbocycles. The molecule has 0 fully saturated rings. The van der Waals surface area contributed by atoms with Crippen molar-refractivity contribution in [1.82, 2.24) is 9.62 Å². The van der Waals surface area contributed by atoms with E-state index < -0.39 is 31.6 Å². The average molecular weight is 415 g/mol. The first kappa shape index (κ1) is 20.2.